The maximum atomic E-state index is 5.85. The highest BCUT2D eigenvalue weighted by Gasteiger charge is 2.26. The van der Waals surface area contributed by atoms with Crippen LogP contribution in [0.5, 0.6) is 0 Å². The van der Waals surface area contributed by atoms with Crippen molar-refractivity contribution in [2.75, 3.05) is 13.1 Å². The maximum absolute atomic E-state index is 5.85. The van der Waals surface area contributed by atoms with Gasteiger partial charge in [-0.25, -0.2) is 0 Å². The Labute approximate surface area is 125 Å². The molecule has 2 nitrogen and oxygen atoms in total. The van der Waals surface area contributed by atoms with E-state index in [0.717, 1.165) is 19.6 Å². The van der Waals surface area contributed by atoms with Gasteiger partial charge in [0.15, 0.2) is 0 Å². The standard InChI is InChI=1S/C17H22N2S/c18-10-11-19(13-14-5-2-1-3-6-14)16-7-4-8-17-15(16)9-12-20-17/h1-3,5-6,9,12,16H,4,7-8,10-11,13,18H2. The summed E-state index contributed by atoms with van der Waals surface area (Å²) in [7, 11) is 0. The highest BCUT2D eigenvalue weighted by Crippen LogP contribution is 2.37. The third-order valence-corrected chi connectivity index (χ3v) is 5.10. The van der Waals surface area contributed by atoms with Crippen LogP contribution in [0.3, 0.4) is 0 Å². The van der Waals surface area contributed by atoms with Crippen LogP contribution >= 0.6 is 11.3 Å². The summed E-state index contributed by atoms with van der Waals surface area (Å²) in [6, 6.07) is 13.6. The summed E-state index contributed by atoms with van der Waals surface area (Å²) in [4.78, 5) is 4.14. The molecule has 1 aromatic heterocycles. The van der Waals surface area contributed by atoms with E-state index in [1.54, 1.807) is 10.4 Å². The van der Waals surface area contributed by atoms with Crippen LogP contribution in [0.1, 0.15) is 34.9 Å². The van der Waals surface area contributed by atoms with Crippen molar-refractivity contribution in [1.82, 2.24) is 4.90 Å². The zero-order chi connectivity index (χ0) is 13.8. The molecular formula is C17H22N2S. The molecule has 0 spiro atoms. The summed E-state index contributed by atoms with van der Waals surface area (Å²) >= 11 is 1.91. The summed E-state index contributed by atoms with van der Waals surface area (Å²) in [6.45, 7) is 2.69. The molecular weight excluding hydrogens is 264 g/mol. The Kier molecular flexibility index (Phi) is 4.51. The number of fused-ring (bicyclic) bond motifs is 1. The Morgan fingerprint density at radius 3 is 2.85 bits per heavy atom. The number of benzene rings is 1. The quantitative estimate of drug-likeness (QED) is 0.910. The number of aryl methyl sites for hydroxylation is 1. The third kappa shape index (κ3) is 2.95. The van der Waals surface area contributed by atoms with Crippen molar-refractivity contribution in [2.24, 2.45) is 5.73 Å². The van der Waals surface area contributed by atoms with Crippen molar-refractivity contribution in [2.45, 2.75) is 31.8 Å². The number of hydrogen-bond donors (Lipinski definition) is 1. The molecule has 3 rings (SSSR count). The number of nitrogens with two attached hydrogens (primary N) is 1. The summed E-state index contributed by atoms with van der Waals surface area (Å²) in [5, 5.41) is 2.24. The number of nitrogens with zero attached hydrogens (tertiary/aromatic N) is 1. The van der Waals surface area contributed by atoms with Crippen LogP contribution in [0.2, 0.25) is 0 Å². The van der Waals surface area contributed by atoms with E-state index in [1.165, 1.54) is 24.8 Å². The van der Waals surface area contributed by atoms with Gasteiger partial charge in [-0.2, -0.15) is 0 Å². The minimum absolute atomic E-state index is 0.550. The minimum atomic E-state index is 0.550. The summed E-state index contributed by atoms with van der Waals surface area (Å²) in [5.41, 5.74) is 8.77. The molecule has 1 aromatic carbocycles. The van der Waals surface area contributed by atoms with Gasteiger partial charge in [-0.3, -0.25) is 4.90 Å². The van der Waals surface area contributed by atoms with E-state index in [4.69, 9.17) is 5.73 Å². The van der Waals surface area contributed by atoms with Gasteiger partial charge >= 0.3 is 0 Å². The van der Waals surface area contributed by atoms with Crippen LogP contribution in [0.15, 0.2) is 41.8 Å². The molecule has 0 fully saturated rings. The molecule has 2 N–H and O–H groups in total. The third-order valence-electron chi connectivity index (χ3n) is 4.11. The predicted molar refractivity (Wildman–Crippen MR) is 85.9 cm³/mol. The molecule has 20 heavy (non-hydrogen) atoms. The van der Waals surface area contributed by atoms with Crippen molar-refractivity contribution >= 4 is 11.3 Å². The van der Waals surface area contributed by atoms with Gasteiger partial charge in [0.05, 0.1) is 0 Å². The van der Waals surface area contributed by atoms with Crippen molar-refractivity contribution in [3.8, 4) is 0 Å². The second-order valence-electron chi connectivity index (χ2n) is 5.45. The van der Waals surface area contributed by atoms with E-state index in [9.17, 15) is 0 Å². The molecule has 0 saturated heterocycles. The van der Waals surface area contributed by atoms with Gasteiger partial charge in [-0.1, -0.05) is 30.3 Å². The molecule has 106 valence electrons. The molecule has 0 bridgehead atoms. The summed E-state index contributed by atoms with van der Waals surface area (Å²) < 4.78 is 0. The summed E-state index contributed by atoms with van der Waals surface area (Å²) in [6.07, 6.45) is 3.82. The first-order valence-corrected chi connectivity index (χ1v) is 8.31. The molecule has 0 saturated carbocycles. The molecule has 1 atom stereocenters. The lowest BCUT2D eigenvalue weighted by molar-refractivity contribution is 0.176. The normalized spacial score (nSPS) is 18.2. The van der Waals surface area contributed by atoms with E-state index >= 15 is 0 Å². The average Bonchev–Trinajstić information content (AvgIpc) is 2.96. The Hall–Kier alpha value is -1.16. The lowest BCUT2D eigenvalue weighted by Crippen LogP contribution is -2.34. The molecule has 1 aliphatic rings. The van der Waals surface area contributed by atoms with E-state index in [2.05, 4.69) is 46.7 Å². The van der Waals surface area contributed by atoms with Crippen molar-refractivity contribution in [1.29, 1.82) is 0 Å². The van der Waals surface area contributed by atoms with Gasteiger partial charge in [0.2, 0.25) is 0 Å². The largest absolute Gasteiger partial charge is 0.329 e. The zero-order valence-electron chi connectivity index (χ0n) is 11.8. The topological polar surface area (TPSA) is 29.3 Å². The van der Waals surface area contributed by atoms with Gasteiger partial charge in [-0.05, 0) is 41.8 Å². The molecule has 2 aromatic rings. The highest BCUT2D eigenvalue weighted by molar-refractivity contribution is 7.10. The fourth-order valence-corrected chi connectivity index (χ4v) is 4.15. The first kappa shape index (κ1) is 13.8. The van der Waals surface area contributed by atoms with Gasteiger partial charge in [-0.15, -0.1) is 11.3 Å². The van der Waals surface area contributed by atoms with E-state index < -0.39 is 0 Å². The highest BCUT2D eigenvalue weighted by atomic mass is 32.1. The Morgan fingerprint density at radius 1 is 1.20 bits per heavy atom. The molecule has 1 aliphatic carbocycles. The van der Waals surface area contributed by atoms with Crippen LogP contribution in [-0.2, 0) is 13.0 Å². The first-order chi connectivity index (χ1) is 9.88. The number of thiophene rings is 1. The van der Waals surface area contributed by atoms with E-state index in [-0.39, 0.29) is 0 Å². The van der Waals surface area contributed by atoms with Gasteiger partial charge in [0.25, 0.3) is 0 Å². The molecule has 0 radical (unpaired) electrons. The van der Waals surface area contributed by atoms with Crippen molar-refractivity contribution in [3.05, 3.63) is 57.8 Å². The monoisotopic (exact) mass is 286 g/mol. The van der Waals surface area contributed by atoms with Gasteiger partial charge < -0.3 is 5.73 Å². The maximum Gasteiger partial charge on any atom is 0.0363 e. The first-order valence-electron chi connectivity index (χ1n) is 7.43. The van der Waals surface area contributed by atoms with Crippen LogP contribution in [0.4, 0.5) is 0 Å². The van der Waals surface area contributed by atoms with E-state index in [0.29, 0.717) is 6.04 Å². The van der Waals surface area contributed by atoms with Crippen LogP contribution in [-0.4, -0.2) is 18.0 Å². The SMILES string of the molecule is NCCN(Cc1ccccc1)C1CCCc2sccc21. The second-order valence-corrected chi connectivity index (χ2v) is 6.45. The van der Waals surface area contributed by atoms with Crippen LogP contribution in [0, 0.1) is 0 Å². The predicted octanol–water partition coefficient (Wildman–Crippen LogP) is 3.59. The second kappa shape index (κ2) is 6.53. The van der Waals surface area contributed by atoms with Crippen molar-refractivity contribution < 1.29 is 0 Å². The summed E-state index contributed by atoms with van der Waals surface area (Å²) in [5.74, 6) is 0. The average molecular weight is 286 g/mol. The molecule has 3 heteroatoms. The molecule has 0 aliphatic heterocycles. The van der Waals surface area contributed by atoms with E-state index in [1.807, 2.05) is 11.3 Å². The molecule has 1 unspecified atom stereocenters. The smallest absolute Gasteiger partial charge is 0.0363 e. The zero-order valence-corrected chi connectivity index (χ0v) is 12.6. The van der Waals surface area contributed by atoms with Crippen molar-refractivity contribution in [3.63, 3.8) is 0 Å². The Morgan fingerprint density at radius 2 is 2.05 bits per heavy atom. The lowest BCUT2D eigenvalue weighted by Gasteiger charge is -2.34. The number of hydrogen-bond acceptors (Lipinski definition) is 3. The number of rotatable bonds is 5. The van der Waals surface area contributed by atoms with Gasteiger partial charge in [0, 0.05) is 30.6 Å². The Bertz CT molecular complexity index is 535. The van der Waals surface area contributed by atoms with Gasteiger partial charge in [0.1, 0.15) is 0 Å². The van der Waals surface area contributed by atoms with Crippen LogP contribution in [0.25, 0.3) is 0 Å². The van der Waals surface area contributed by atoms with Crippen LogP contribution < -0.4 is 5.73 Å². The Balaban J connectivity index is 1.81. The fraction of sp³-hybridized carbons (Fsp3) is 0.412. The lowest BCUT2D eigenvalue weighted by atomic mass is 9.92. The molecule has 0 amide bonds. The minimum Gasteiger partial charge on any atom is -0.329 e. The fourth-order valence-electron chi connectivity index (χ4n) is 3.17. The molecule has 1 heterocycles.